The fourth-order valence-corrected chi connectivity index (χ4v) is 3.03. The van der Waals surface area contributed by atoms with Gasteiger partial charge in [0.2, 0.25) is 5.91 Å². The minimum Gasteiger partial charge on any atom is -0.322 e. The lowest BCUT2D eigenvalue weighted by atomic mass is 10.1. The molecule has 4 rings (SSSR count). The van der Waals surface area contributed by atoms with Crippen LogP contribution in [0.1, 0.15) is 11.1 Å². The van der Waals surface area contributed by atoms with E-state index in [1.54, 1.807) is 18.2 Å². The van der Waals surface area contributed by atoms with Gasteiger partial charge in [0, 0.05) is 34.7 Å². The normalized spacial score (nSPS) is 11.2. The van der Waals surface area contributed by atoms with Crippen molar-refractivity contribution in [1.29, 1.82) is 0 Å². The zero-order valence-electron chi connectivity index (χ0n) is 15.3. The van der Waals surface area contributed by atoms with Gasteiger partial charge in [-0.15, -0.1) is 0 Å². The number of pyridine rings is 1. The molecule has 4 aromatic rings. The van der Waals surface area contributed by atoms with Crippen LogP contribution >= 0.6 is 11.6 Å². The van der Waals surface area contributed by atoms with E-state index in [4.69, 9.17) is 11.6 Å². The third-order valence-corrected chi connectivity index (χ3v) is 4.59. The Kier molecular flexibility index (Phi) is 4.96. The van der Waals surface area contributed by atoms with Crippen molar-refractivity contribution in [2.24, 2.45) is 0 Å². The second-order valence-electron chi connectivity index (χ2n) is 6.55. The summed E-state index contributed by atoms with van der Waals surface area (Å²) < 4.78 is 1.99. The maximum Gasteiger partial charge on any atom is 0.248 e. The summed E-state index contributed by atoms with van der Waals surface area (Å²) in [5.41, 5.74) is 5.50. The monoisotopic (exact) mass is 387 g/mol. The minimum atomic E-state index is -0.197. The lowest BCUT2D eigenvalue weighted by Crippen LogP contribution is -2.07. The summed E-state index contributed by atoms with van der Waals surface area (Å²) in [4.78, 5) is 16.9. The standard InChI is InChI=1S/C23H18ClN3O/c1-16-11-12-27-15-21(26-22(27)13-16)18-3-2-4-20(14-18)25-23(28)10-7-17-5-8-19(24)9-6-17/h2-15H,1H3,(H,25,28)/b10-7+. The molecule has 0 saturated carbocycles. The van der Waals surface area contributed by atoms with Gasteiger partial charge in [-0.2, -0.15) is 0 Å². The number of aryl methyl sites for hydroxylation is 1. The lowest BCUT2D eigenvalue weighted by Gasteiger charge is -2.04. The highest BCUT2D eigenvalue weighted by Crippen LogP contribution is 2.23. The Bertz CT molecular complexity index is 1180. The van der Waals surface area contributed by atoms with Crippen LogP contribution < -0.4 is 5.32 Å². The highest BCUT2D eigenvalue weighted by Gasteiger charge is 2.06. The highest BCUT2D eigenvalue weighted by atomic mass is 35.5. The Morgan fingerprint density at radius 2 is 1.93 bits per heavy atom. The number of rotatable bonds is 4. The van der Waals surface area contributed by atoms with Crippen molar-refractivity contribution in [3.8, 4) is 11.3 Å². The summed E-state index contributed by atoms with van der Waals surface area (Å²) in [5.74, 6) is -0.197. The third kappa shape index (κ3) is 4.13. The van der Waals surface area contributed by atoms with Gasteiger partial charge in [-0.05, 0) is 60.5 Å². The van der Waals surface area contributed by atoms with Gasteiger partial charge in [0.1, 0.15) is 5.65 Å². The van der Waals surface area contributed by atoms with E-state index in [1.165, 1.54) is 6.08 Å². The van der Waals surface area contributed by atoms with Crippen LogP contribution in [-0.4, -0.2) is 15.3 Å². The molecule has 2 aromatic heterocycles. The molecule has 0 bridgehead atoms. The summed E-state index contributed by atoms with van der Waals surface area (Å²) in [6.07, 6.45) is 7.23. The average Bonchev–Trinajstić information content (AvgIpc) is 3.11. The first kappa shape index (κ1) is 18.0. The number of fused-ring (bicyclic) bond motifs is 1. The van der Waals surface area contributed by atoms with Gasteiger partial charge in [-0.25, -0.2) is 4.98 Å². The van der Waals surface area contributed by atoms with Gasteiger partial charge in [-0.1, -0.05) is 35.9 Å². The molecule has 0 aliphatic carbocycles. The Hall–Kier alpha value is -3.37. The summed E-state index contributed by atoms with van der Waals surface area (Å²) in [5, 5.41) is 3.56. The number of imidazole rings is 1. The molecule has 138 valence electrons. The maximum atomic E-state index is 12.2. The number of aromatic nitrogens is 2. The number of amides is 1. The molecule has 0 saturated heterocycles. The maximum absolute atomic E-state index is 12.2. The summed E-state index contributed by atoms with van der Waals surface area (Å²) in [6.45, 7) is 2.04. The van der Waals surface area contributed by atoms with Gasteiger partial charge in [0.15, 0.2) is 0 Å². The quantitative estimate of drug-likeness (QED) is 0.462. The SMILES string of the molecule is Cc1ccn2cc(-c3cccc(NC(=O)/C=C/c4ccc(Cl)cc4)c3)nc2c1. The molecule has 0 aliphatic heterocycles. The molecule has 0 fully saturated rings. The van der Waals surface area contributed by atoms with Gasteiger partial charge in [-0.3, -0.25) is 4.79 Å². The molecule has 0 radical (unpaired) electrons. The van der Waals surface area contributed by atoms with Crippen LogP contribution in [0.4, 0.5) is 5.69 Å². The van der Waals surface area contributed by atoms with E-state index < -0.39 is 0 Å². The second kappa shape index (κ2) is 7.71. The molecular weight excluding hydrogens is 370 g/mol. The van der Waals surface area contributed by atoms with E-state index in [0.29, 0.717) is 5.02 Å². The Balaban J connectivity index is 1.51. The number of nitrogens with zero attached hydrogens (tertiary/aromatic N) is 2. The van der Waals surface area contributed by atoms with Crippen molar-refractivity contribution in [2.75, 3.05) is 5.32 Å². The van der Waals surface area contributed by atoms with Crippen molar-refractivity contribution in [3.63, 3.8) is 0 Å². The molecule has 2 heterocycles. The van der Waals surface area contributed by atoms with Crippen molar-refractivity contribution in [2.45, 2.75) is 6.92 Å². The fourth-order valence-electron chi connectivity index (χ4n) is 2.91. The summed E-state index contributed by atoms with van der Waals surface area (Å²) in [7, 11) is 0. The van der Waals surface area contributed by atoms with Crippen LogP contribution in [0, 0.1) is 6.92 Å². The van der Waals surface area contributed by atoms with Gasteiger partial charge in [0.25, 0.3) is 0 Å². The molecule has 0 spiro atoms. The average molecular weight is 388 g/mol. The summed E-state index contributed by atoms with van der Waals surface area (Å²) in [6, 6.07) is 19.0. The van der Waals surface area contributed by atoms with Crippen LogP contribution in [0.25, 0.3) is 23.0 Å². The first-order valence-corrected chi connectivity index (χ1v) is 9.25. The Morgan fingerprint density at radius 1 is 1.11 bits per heavy atom. The van der Waals surface area contributed by atoms with Crippen LogP contribution in [0.15, 0.2) is 79.1 Å². The van der Waals surface area contributed by atoms with Crippen molar-refractivity contribution in [3.05, 3.63) is 95.3 Å². The second-order valence-corrected chi connectivity index (χ2v) is 6.99. The first-order valence-electron chi connectivity index (χ1n) is 8.87. The molecule has 5 heteroatoms. The molecule has 0 aliphatic rings. The van der Waals surface area contributed by atoms with Gasteiger partial charge >= 0.3 is 0 Å². The predicted octanol–water partition coefficient (Wildman–Crippen LogP) is 5.62. The van der Waals surface area contributed by atoms with E-state index in [-0.39, 0.29) is 5.91 Å². The third-order valence-electron chi connectivity index (χ3n) is 4.34. The molecule has 0 atom stereocenters. The largest absolute Gasteiger partial charge is 0.322 e. The van der Waals surface area contributed by atoms with Gasteiger partial charge < -0.3 is 9.72 Å². The Morgan fingerprint density at radius 3 is 2.75 bits per heavy atom. The predicted molar refractivity (Wildman–Crippen MR) is 114 cm³/mol. The topological polar surface area (TPSA) is 46.4 Å². The van der Waals surface area contributed by atoms with Crippen molar-refractivity contribution in [1.82, 2.24) is 9.38 Å². The van der Waals surface area contributed by atoms with E-state index in [9.17, 15) is 4.79 Å². The lowest BCUT2D eigenvalue weighted by molar-refractivity contribution is -0.111. The number of nitrogens with one attached hydrogen (secondary N) is 1. The number of anilines is 1. The molecule has 0 unspecified atom stereocenters. The fraction of sp³-hybridized carbons (Fsp3) is 0.0435. The number of halogens is 1. The summed E-state index contributed by atoms with van der Waals surface area (Å²) >= 11 is 5.87. The number of hydrogen-bond donors (Lipinski definition) is 1. The van der Waals surface area contributed by atoms with Crippen molar-refractivity contribution < 1.29 is 4.79 Å². The van der Waals surface area contributed by atoms with Crippen LogP contribution in [0.2, 0.25) is 5.02 Å². The number of carbonyl (C=O) groups excluding carboxylic acids is 1. The number of carbonyl (C=O) groups is 1. The number of benzene rings is 2. The highest BCUT2D eigenvalue weighted by molar-refractivity contribution is 6.30. The van der Waals surface area contributed by atoms with Crippen LogP contribution in [0.5, 0.6) is 0 Å². The van der Waals surface area contributed by atoms with Crippen molar-refractivity contribution >= 4 is 34.9 Å². The molecule has 1 amide bonds. The zero-order valence-corrected chi connectivity index (χ0v) is 16.0. The van der Waals surface area contributed by atoms with Gasteiger partial charge in [0.05, 0.1) is 5.69 Å². The molecule has 1 N–H and O–H groups in total. The van der Waals surface area contributed by atoms with E-state index in [2.05, 4.69) is 10.3 Å². The molecule has 2 aromatic carbocycles. The zero-order chi connectivity index (χ0) is 19.5. The minimum absolute atomic E-state index is 0.197. The molecule has 28 heavy (non-hydrogen) atoms. The first-order chi connectivity index (χ1) is 13.6. The van der Waals surface area contributed by atoms with Crippen LogP contribution in [0.3, 0.4) is 0 Å². The van der Waals surface area contributed by atoms with E-state index in [0.717, 1.165) is 33.7 Å². The Labute approximate surface area is 168 Å². The van der Waals surface area contributed by atoms with E-state index in [1.807, 2.05) is 72.2 Å². The van der Waals surface area contributed by atoms with Crippen LogP contribution in [-0.2, 0) is 4.79 Å². The van der Waals surface area contributed by atoms with E-state index >= 15 is 0 Å². The number of hydrogen-bond acceptors (Lipinski definition) is 2. The smallest absolute Gasteiger partial charge is 0.248 e. The molecular formula is C23H18ClN3O. The molecule has 4 nitrogen and oxygen atoms in total.